The number of carboxylic acids is 1. The number of fused-ring (bicyclic) bond motifs is 3. The summed E-state index contributed by atoms with van der Waals surface area (Å²) >= 11 is 0. The molecule has 0 unspecified atom stereocenters. The van der Waals surface area contributed by atoms with E-state index < -0.39 is 17.7 Å². The minimum atomic E-state index is -1.16. The second-order valence-corrected chi connectivity index (χ2v) is 9.92. The number of hydrogen-bond acceptors (Lipinski definition) is 4. The van der Waals surface area contributed by atoms with Crippen molar-refractivity contribution in [3.8, 4) is 11.1 Å². The van der Waals surface area contributed by atoms with Crippen molar-refractivity contribution < 1.29 is 19.4 Å². The lowest BCUT2D eigenvalue weighted by Gasteiger charge is -2.38. The van der Waals surface area contributed by atoms with Crippen LogP contribution in [0.15, 0.2) is 24.3 Å². The number of rotatable bonds is 4. The molecular formula is C26H32N2O4. The van der Waals surface area contributed by atoms with Gasteiger partial charge in [0.1, 0.15) is 6.04 Å². The number of carbonyl (C=O) groups is 2. The van der Waals surface area contributed by atoms with Gasteiger partial charge in [0.2, 0.25) is 5.91 Å². The number of benzene rings is 2. The standard InChI is InChI=1S/C26H32N2O4/c1-14-9-11-17(12-10-14)19-16(3)22-21(27-24(29)18-8-7-13-28(18)22)15(2)20(19)23(25(30)31)32-26(4,5)6/h9-12,18,23H,7-8,13H2,1-6H3,(H,27,29)(H,30,31)/t18-,23-/m0/s1. The van der Waals surface area contributed by atoms with Gasteiger partial charge in [-0.25, -0.2) is 4.79 Å². The normalized spacial score (nSPS) is 18.8. The molecule has 1 fully saturated rings. The van der Waals surface area contributed by atoms with Crippen molar-refractivity contribution in [2.75, 3.05) is 16.8 Å². The fraction of sp³-hybridized carbons (Fsp3) is 0.462. The van der Waals surface area contributed by atoms with Crippen LogP contribution in [0.4, 0.5) is 11.4 Å². The van der Waals surface area contributed by atoms with Crippen LogP contribution in [0.5, 0.6) is 0 Å². The predicted octanol–water partition coefficient (Wildman–Crippen LogP) is 5.14. The Kier molecular flexibility index (Phi) is 5.53. The third-order valence-corrected chi connectivity index (χ3v) is 6.40. The summed E-state index contributed by atoms with van der Waals surface area (Å²) in [5, 5.41) is 13.3. The van der Waals surface area contributed by atoms with Gasteiger partial charge in [-0.15, -0.1) is 0 Å². The minimum absolute atomic E-state index is 0.0184. The van der Waals surface area contributed by atoms with Crippen LogP contribution in [-0.4, -0.2) is 35.2 Å². The van der Waals surface area contributed by atoms with Crippen LogP contribution in [-0.2, 0) is 14.3 Å². The molecule has 0 spiro atoms. The molecule has 2 heterocycles. The van der Waals surface area contributed by atoms with Crippen LogP contribution in [0.2, 0.25) is 0 Å². The van der Waals surface area contributed by atoms with E-state index in [4.69, 9.17) is 4.74 Å². The van der Waals surface area contributed by atoms with Gasteiger partial charge in [-0.1, -0.05) is 29.8 Å². The number of nitrogens with one attached hydrogen (secondary N) is 1. The summed E-state index contributed by atoms with van der Waals surface area (Å²) in [6.45, 7) is 12.3. The number of aliphatic carboxylic acids is 1. The third kappa shape index (κ3) is 3.77. The summed E-state index contributed by atoms with van der Waals surface area (Å²) in [7, 11) is 0. The van der Waals surface area contributed by atoms with Crippen molar-refractivity contribution >= 4 is 23.3 Å². The molecule has 0 radical (unpaired) electrons. The summed E-state index contributed by atoms with van der Waals surface area (Å²) in [5.41, 5.74) is 6.33. The van der Waals surface area contributed by atoms with Gasteiger partial charge in [0, 0.05) is 12.1 Å². The van der Waals surface area contributed by atoms with Gasteiger partial charge >= 0.3 is 5.97 Å². The molecule has 6 heteroatoms. The molecule has 0 bridgehead atoms. The first-order valence-corrected chi connectivity index (χ1v) is 11.2. The quantitative estimate of drug-likeness (QED) is 0.694. The Labute approximate surface area is 189 Å². The summed E-state index contributed by atoms with van der Waals surface area (Å²) < 4.78 is 6.09. The molecule has 2 atom stereocenters. The largest absolute Gasteiger partial charge is 0.479 e. The number of carbonyl (C=O) groups excluding carboxylic acids is 1. The highest BCUT2D eigenvalue weighted by molar-refractivity contribution is 6.07. The lowest BCUT2D eigenvalue weighted by atomic mass is 9.84. The Bertz CT molecular complexity index is 1080. The Morgan fingerprint density at radius 3 is 2.41 bits per heavy atom. The number of carboxylic acid groups (broad SMARTS) is 1. The Morgan fingerprint density at radius 1 is 1.16 bits per heavy atom. The van der Waals surface area contributed by atoms with Gasteiger partial charge < -0.3 is 20.1 Å². The van der Waals surface area contributed by atoms with Crippen molar-refractivity contribution in [3.05, 3.63) is 46.5 Å². The van der Waals surface area contributed by atoms with E-state index in [0.29, 0.717) is 11.3 Å². The van der Waals surface area contributed by atoms with E-state index in [9.17, 15) is 14.7 Å². The highest BCUT2D eigenvalue weighted by Gasteiger charge is 2.41. The minimum Gasteiger partial charge on any atom is -0.479 e. The monoisotopic (exact) mass is 436 g/mol. The number of anilines is 2. The summed E-state index contributed by atoms with van der Waals surface area (Å²) in [6.07, 6.45) is 0.627. The zero-order valence-corrected chi connectivity index (χ0v) is 19.7. The molecule has 32 heavy (non-hydrogen) atoms. The maximum atomic E-state index is 12.8. The molecule has 2 N–H and O–H groups in total. The van der Waals surface area contributed by atoms with Gasteiger partial charge in [-0.05, 0) is 76.6 Å². The number of ether oxygens (including phenoxy) is 1. The second-order valence-electron chi connectivity index (χ2n) is 9.92. The van der Waals surface area contributed by atoms with Crippen molar-refractivity contribution in [2.24, 2.45) is 0 Å². The Balaban J connectivity index is 2.05. The van der Waals surface area contributed by atoms with Crippen LogP contribution in [0.3, 0.4) is 0 Å². The first-order valence-electron chi connectivity index (χ1n) is 11.2. The van der Waals surface area contributed by atoms with E-state index in [1.165, 1.54) is 0 Å². The molecular weight excluding hydrogens is 404 g/mol. The summed E-state index contributed by atoms with van der Waals surface area (Å²) in [5.74, 6) is -1.06. The molecule has 1 amide bonds. The van der Waals surface area contributed by atoms with Crippen LogP contribution in [0.25, 0.3) is 11.1 Å². The van der Waals surface area contributed by atoms with E-state index in [2.05, 4.69) is 10.2 Å². The number of amides is 1. The first-order chi connectivity index (χ1) is 15.0. The molecule has 2 aromatic rings. The Morgan fingerprint density at radius 2 is 1.81 bits per heavy atom. The highest BCUT2D eigenvalue weighted by atomic mass is 16.5. The molecule has 2 aliphatic rings. The lowest BCUT2D eigenvalue weighted by Crippen LogP contribution is -2.45. The number of nitrogens with zero attached hydrogens (tertiary/aromatic N) is 1. The van der Waals surface area contributed by atoms with E-state index >= 15 is 0 Å². The molecule has 0 aromatic heterocycles. The maximum absolute atomic E-state index is 12.8. The predicted molar refractivity (Wildman–Crippen MR) is 126 cm³/mol. The average molecular weight is 437 g/mol. The first kappa shape index (κ1) is 22.3. The fourth-order valence-corrected chi connectivity index (χ4v) is 5.04. The van der Waals surface area contributed by atoms with Gasteiger partial charge in [-0.3, -0.25) is 4.79 Å². The SMILES string of the molecule is Cc1ccc(-c2c(C)c3c(c(C)c2[C@H](OC(C)(C)C)C(=O)O)NC(=O)[C@@H]2CCCN32)cc1. The summed E-state index contributed by atoms with van der Waals surface area (Å²) in [6, 6.07) is 7.97. The maximum Gasteiger partial charge on any atom is 0.337 e. The number of hydrogen-bond donors (Lipinski definition) is 2. The van der Waals surface area contributed by atoms with Crippen LogP contribution < -0.4 is 10.2 Å². The van der Waals surface area contributed by atoms with Crippen LogP contribution in [0, 0.1) is 20.8 Å². The molecule has 1 saturated heterocycles. The smallest absolute Gasteiger partial charge is 0.337 e. The van der Waals surface area contributed by atoms with E-state index in [0.717, 1.165) is 52.9 Å². The van der Waals surface area contributed by atoms with Crippen molar-refractivity contribution in [1.82, 2.24) is 0 Å². The van der Waals surface area contributed by atoms with Crippen molar-refractivity contribution in [1.29, 1.82) is 0 Å². The fourth-order valence-electron chi connectivity index (χ4n) is 5.04. The molecule has 170 valence electrons. The average Bonchev–Trinajstić information content (AvgIpc) is 3.19. The topological polar surface area (TPSA) is 78.9 Å². The zero-order valence-electron chi connectivity index (χ0n) is 19.7. The molecule has 2 aromatic carbocycles. The van der Waals surface area contributed by atoms with Crippen LogP contribution in [0.1, 0.15) is 62.0 Å². The van der Waals surface area contributed by atoms with Gasteiger partial charge in [0.05, 0.1) is 17.0 Å². The molecule has 0 saturated carbocycles. The molecule has 0 aliphatic carbocycles. The number of aryl methyl sites for hydroxylation is 1. The Hall–Kier alpha value is -2.86. The van der Waals surface area contributed by atoms with Gasteiger partial charge in [0.15, 0.2) is 6.10 Å². The van der Waals surface area contributed by atoms with E-state index in [1.54, 1.807) is 0 Å². The lowest BCUT2D eigenvalue weighted by molar-refractivity contribution is -0.160. The van der Waals surface area contributed by atoms with Crippen molar-refractivity contribution in [2.45, 2.75) is 72.1 Å². The molecule has 2 aliphatic heterocycles. The van der Waals surface area contributed by atoms with E-state index in [-0.39, 0.29) is 11.9 Å². The highest BCUT2D eigenvalue weighted by Crippen LogP contribution is 2.49. The zero-order chi connectivity index (χ0) is 23.4. The van der Waals surface area contributed by atoms with Crippen molar-refractivity contribution in [3.63, 3.8) is 0 Å². The molecule has 6 nitrogen and oxygen atoms in total. The molecule has 4 rings (SSSR count). The van der Waals surface area contributed by atoms with Gasteiger partial charge in [0.25, 0.3) is 0 Å². The summed E-state index contributed by atoms with van der Waals surface area (Å²) in [4.78, 5) is 27.5. The van der Waals surface area contributed by atoms with Gasteiger partial charge in [-0.2, -0.15) is 0 Å². The van der Waals surface area contributed by atoms with E-state index in [1.807, 2.05) is 65.8 Å². The van der Waals surface area contributed by atoms with Crippen LogP contribution >= 0.6 is 0 Å². The second kappa shape index (κ2) is 7.93. The third-order valence-electron chi connectivity index (χ3n) is 6.40.